The molecule has 424 valence electrons. The molecule has 78 heavy (non-hydrogen) atoms. The summed E-state index contributed by atoms with van der Waals surface area (Å²) >= 11 is 0. The van der Waals surface area contributed by atoms with Gasteiger partial charge in [-0.3, -0.25) is 24.9 Å². The first-order valence-corrected chi connectivity index (χ1v) is 24.9. The van der Waals surface area contributed by atoms with Crippen molar-refractivity contribution >= 4 is 41.7 Å². The molecule has 0 saturated carbocycles. The predicted molar refractivity (Wildman–Crippen MR) is 274 cm³/mol. The summed E-state index contributed by atoms with van der Waals surface area (Å²) in [6, 6.07) is 7.85. The molecule has 7 N–H and O–H groups in total. The van der Waals surface area contributed by atoms with Crippen LogP contribution in [-0.4, -0.2) is 159 Å². The second-order valence-electron chi connectivity index (χ2n) is 20.8. The summed E-state index contributed by atoms with van der Waals surface area (Å²) in [4.78, 5) is 66.0. The van der Waals surface area contributed by atoms with Crippen LogP contribution in [0.4, 0.5) is 46.1 Å². The Balaban J connectivity index is 1.28. The summed E-state index contributed by atoms with van der Waals surface area (Å²) in [7, 11) is 1.93. The topological polar surface area (TPSA) is 225 Å². The Labute approximate surface area is 447 Å². The Morgan fingerprint density at radius 2 is 1.50 bits per heavy atom. The number of nitrogens with one attached hydrogen (secondary N) is 4. The van der Waals surface area contributed by atoms with Crippen molar-refractivity contribution in [1.82, 2.24) is 36.3 Å². The van der Waals surface area contributed by atoms with Gasteiger partial charge in [-0.2, -0.15) is 13.2 Å². The highest BCUT2D eigenvalue weighted by atomic mass is 19.4. The summed E-state index contributed by atoms with van der Waals surface area (Å²) < 4.78 is 115. The van der Waals surface area contributed by atoms with E-state index < -0.39 is 108 Å². The van der Waals surface area contributed by atoms with Gasteiger partial charge in [-0.25, -0.2) is 37.1 Å². The molecule has 4 heterocycles. The Morgan fingerprint density at radius 3 is 2.03 bits per heavy atom. The summed E-state index contributed by atoms with van der Waals surface area (Å²) in [6.07, 6.45) is -7.74. The molecular formula is C53H65F7N10O8. The van der Waals surface area contributed by atoms with E-state index in [9.17, 15) is 46.2 Å². The van der Waals surface area contributed by atoms with Crippen LogP contribution in [0.25, 0.3) is 5.70 Å². The average molecular weight is 1100 g/mol. The fraction of sp³-hybridized carbons (Fsp3) is 0.509. The summed E-state index contributed by atoms with van der Waals surface area (Å²) in [5, 5.41) is 19.7. The summed E-state index contributed by atoms with van der Waals surface area (Å²) in [5.74, 6) is 2.16. The number of nitrogens with two attached hydrogens (primary N) is 1. The van der Waals surface area contributed by atoms with Crippen molar-refractivity contribution in [3.8, 4) is 11.8 Å². The first-order valence-electron chi connectivity index (χ1n) is 24.9. The number of ether oxygens (including phenoxy) is 3. The molecule has 0 spiro atoms. The van der Waals surface area contributed by atoms with E-state index >= 15 is 8.78 Å². The number of aliphatic hydroxyl groups is 1. The molecule has 6 rings (SSSR count). The number of alkyl halides is 5. The van der Waals surface area contributed by atoms with Crippen LogP contribution in [0, 0.1) is 34.3 Å². The van der Waals surface area contributed by atoms with Crippen molar-refractivity contribution in [2.45, 2.75) is 109 Å². The molecule has 3 aliphatic rings. The molecular weight excluding hydrogens is 1040 g/mol. The second kappa shape index (κ2) is 25.6. The van der Waals surface area contributed by atoms with Crippen molar-refractivity contribution in [2.24, 2.45) is 21.6 Å². The number of rotatable bonds is 20. The third-order valence-corrected chi connectivity index (χ3v) is 13.8. The number of aliphatic hydroxyl groups excluding tert-OH is 1. The van der Waals surface area contributed by atoms with Gasteiger partial charge in [0.2, 0.25) is 5.91 Å². The maximum absolute atomic E-state index is 16.0. The SMILES string of the molecule is COC(=O)N[C@H](C(=O)NN(Cc1c(F)cc(C(N)=CC=NCC(F)F)cc1F)C[C@H](O)[C@H](Cc1ccc(C#Cc2ccc(N3C[C@H]4C[C@@H]3CN4C3COC3)nc2)cc1)NC(=O)[C@@H](NC(=O)OC)C(C)(C)C(F)(F)F)C(C)(C)C. The number of nitrogens with zero attached hydrogens (tertiary/aromatic N) is 5. The zero-order valence-electron chi connectivity index (χ0n) is 44.1. The van der Waals surface area contributed by atoms with Crippen LogP contribution < -0.4 is 32.0 Å². The Hall–Kier alpha value is -7.01. The second-order valence-corrected chi connectivity index (χ2v) is 20.8. The van der Waals surface area contributed by atoms with E-state index in [0.29, 0.717) is 48.7 Å². The number of methoxy groups -OCH3 is 2. The maximum atomic E-state index is 16.0. The van der Waals surface area contributed by atoms with Crippen LogP contribution in [-0.2, 0) is 36.8 Å². The minimum absolute atomic E-state index is 0.220. The standard InChI is InChI=1S/C53H65F7N10O8/c1-51(2,3)45(65-49(74)76-6)48(73)67-68(26-37-38(54)19-33(20-39(37)55)40(61)16-17-62-23-43(56)57)27-42(71)41(64-47(72)46(66-50(75)77-7)52(4,5)53(58,59)60)18-31-11-8-30(9-12-31)10-13-32-14-15-44(63-22-32)70-25-34-21-35(70)24-69(34)36-28-78-29-36/h8-9,11-12,14-17,19-20,22,34-36,41-43,45-46,71H,18,21,23-29,61H2,1-7H3,(H,64,72)(H,65,74)(H,66,75)(H,67,73)/t34-,35-,41+,42+,45-,46-/m1/s1. The quantitative estimate of drug-likeness (QED) is 0.0377. The van der Waals surface area contributed by atoms with Crippen molar-refractivity contribution in [2.75, 3.05) is 58.5 Å². The molecule has 1 aromatic heterocycles. The van der Waals surface area contributed by atoms with E-state index in [1.807, 2.05) is 17.4 Å². The van der Waals surface area contributed by atoms with Crippen LogP contribution in [0.15, 0.2) is 65.8 Å². The highest BCUT2D eigenvalue weighted by Crippen LogP contribution is 2.41. The molecule has 3 aromatic rings. The van der Waals surface area contributed by atoms with Gasteiger partial charge in [-0.1, -0.05) is 44.7 Å². The molecule has 0 radical (unpaired) electrons. The number of hydrogen-bond acceptors (Lipinski definition) is 14. The number of allylic oxidation sites excluding steroid dienone is 1. The van der Waals surface area contributed by atoms with Gasteiger partial charge < -0.3 is 45.9 Å². The van der Waals surface area contributed by atoms with Crippen LogP contribution in [0.5, 0.6) is 0 Å². The molecule has 25 heteroatoms. The van der Waals surface area contributed by atoms with Crippen molar-refractivity contribution in [3.63, 3.8) is 0 Å². The van der Waals surface area contributed by atoms with Gasteiger partial charge in [0.25, 0.3) is 12.3 Å². The third kappa shape index (κ3) is 15.4. The van der Waals surface area contributed by atoms with E-state index in [1.54, 1.807) is 51.2 Å². The number of aliphatic imine (C=N–C) groups is 1. The number of alkyl carbamates (subject to hydrolysis) is 2. The number of halogens is 7. The number of piperazine rings is 1. The van der Waals surface area contributed by atoms with E-state index in [2.05, 4.69) is 52.4 Å². The van der Waals surface area contributed by atoms with Crippen molar-refractivity contribution in [1.29, 1.82) is 0 Å². The summed E-state index contributed by atoms with van der Waals surface area (Å²) in [6.45, 7) is 6.93. The average Bonchev–Trinajstić information content (AvgIpc) is 3.98. The molecule has 2 aromatic carbocycles. The summed E-state index contributed by atoms with van der Waals surface area (Å²) in [5.41, 5.74) is 4.81. The third-order valence-electron chi connectivity index (χ3n) is 13.8. The molecule has 2 bridgehead atoms. The zero-order chi connectivity index (χ0) is 57.3. The van der Waals surface area contributed by atoms with Crippen LogP contribution >= 0.6 is 0 Å². The number of amides is 4. The number of anilines is 1. The van der Waals surface area contributed by atoms with Gasteiger partial charge in [0.15, 0.2) is 0 Å². The Kier molecular flexibility index (Phi) is 19.8. The van der Waals surface area contributed by atoms with E-state index in [1.165, 1.54) is 0 Å². The van der Waals surface area contributed by atoms with Crippen LogP contribution in [0.2, 0.25) is 0 Å². The van der Waals surface area contributed by atoms with E-state index in [-0.39, 0.29) is 17.7 Å². The zero-order valence-corrected chi connectivity index (χ0v) is 44.1. The minimum Gasteiger partial charge on any atom is -0.453 e. The molecule has 0 aliphatic carbocycles. The van der Waals surface area contributed by atoms with Gasteiger partial charge in [0.1, 0.15) is 29.5 Å². The minimum atomic E-state index is -5.09. The smallest absolute Gasteiger partial charge is 0.407 e. The molecule has 3 saturated heterocycles. The Morgan fingerprint density at radius 1 is 0.885 bits per heavy atom. The van der Waals surface area contributed by atoms with Crippen LogP contribution in [0.1, 0.15) is 68.9 Å². The number of aromatic nitrogens is 1. The largest absolute Gasteiger partial charge is 0.453 e. The van der Waals surface area contributed by atoms with Crippen molar-refractivity contribution < 1.29 is 69.2 Å². The lowest BCUT2D eigenvalue weighted by Gasteiger charge is -2.42. The molecule has 4 amide bonds. The number of pyridine rings is 1. The van der Waals surface area contributed by atoms with Gasteiger partial charge in [0.05, 0.1) is 57.6 Å². The normalized spacial score (nSPS) is 18.7. The van der Waals surface area contributed by atoms with Gasteiger partial charge in [-0.15, -0.1) is 0 Å². The van der Waals surface area contributed by atoms with Crippen molar-refractivity contribution in [3.05, 3.63) is 100 Å². The molecule has 3 aliphatic heterocycles. The Bertz CT molecular complexity index is 2700. The van der Waals surface area contributed by atoms with Gasteiger partial charge >= 0.3 is 18.4 Å². The number of carbonyl (C=O) groups is 4. The number of benzene rings is 2. The monoisotopic (exact) mass is 1100 g/mol. The molecule has 3 fully saturated rings. The van der Waals surface area contributed by atoms with Gasteiger partial charge in [0, 0.05) is 78.6 Å². The van der Waals surface area contributed by atoms with E-state index in [4.69, 9.17) is 15.2 Å². The van der Waals surface area contributed by atoms with Crippen LogP contribution in [0.3, 0.4) is 0 Å². The lowest BCUT2D eigenvalue weighted by atomic mass is 9.82. The lowest BCUT2D eigenvalue weighted by molar-refractivity contribution is -0.220. The number of carbonyl (C=O) groups excluding carboxylic acids is 4. The number of likely N-dealkylation sites (tertiary alicyclic amines) is 1. The highest BCUT2D eigenvalue weighted by Gasteiger charge is 2.56. The maximum Gasteiger partial charge on any atom is 0.407 e. The van der Waals surface area contributed by atoms with E-state index in [0.717, 1.165) is 82.2 Å². The fourth-order valence-corrected chi connectivity index (χ4v) is 9.11. The number of fused-ring (bicyclic) bond motifs is 2. The first-order chi connectivity index (χ1) is 36.7. The highest BCUT2D eigenvalue weighted by molar-refractivity contribution is 5.87. The molecule has 18 nitrogen and oxygen atoms in total. The number of hydrazine groups is 1. The fourth-order valence-electron chi connectivity index (χ4n) is 9.11. The number of hydrogen-bond donors (Lipinski definition) is 6. The first kappa shape index (κ1) is 60.2. The molecule has 6 atom stereocenters. The predicted octanol–water partition coefficient (Wildman–Crippen LogP) is 5.06. The van der Waals surface area contributed by atoms with Gasteiger partial charge in [-0.05, 0) is 80.1 Å². The molecule has 0 unspecified atom stereocenters. The lowest BCUT2D eigenvalue weighted by Crippen LogP contribution is -2.63.